The van der Waals surface area contributed by atoms with E-state index in [-0.39, 0.29) is 35.8 Å². The standard InChI is InChI=1S/C22H18F4N2O3/c1-14-10-19(29)20(31-13-15-2-6-17(23)7-3-15)11-28(14)12-21(30)27-18-8-4-16(5-9-18)22(24,25)26/h2-11H,12-13H2,1H3,(H,27,30). The smallest absolute Gasteiger partial charge is 0.416 e. The van der Waals surface area contributed by atoms with Crippen LogP contribution in [0.5, 0.6) is 5.75 Å². The Kier molecular flexibility index (Phi) is 6.43. The molecule has 5 nitrogen and oxygen atoms in total. The molecule has 0 saturated heterocycles. The summed E-state index contributed by atoms with van der Waals surface area (Å²) in [5, 5.41) is 2.51. The summed E-state index contributed by atoms with van der Waals surface area (Å²) in [6.07, 6.45) is -3.08. The van der Waals surface area contributed by atoms with E-state index in [0.717, 1.165) is 24.3 Å². The van der Waals surface area contributed by atoms with Gasteiger partial charge in [-0.05, 0) is 48.9 Å². The maximum Gasteiger partial charge on any atom is 0.416 e. The van der Waals surface area contributed by atoms with E-state index in [1.54, 1.807) is 6.92 Å². The number of ether oxygens (including phenoxy) is 1. The first-order valence-electron chi connectivity index (χ1n) is 9.17. The number of aryl methyl sites for hydroxylation is 1. The lowest BCUT2D eigenvalue weighted by Gasteiger charge is -2.14. The number of alkyl halides is 3. The Balaban J connectivity index is 1.67. The topological polar surface area (TPSA) is 60.3 Å². The molecular formula is C22H18F4N2O3. The molecule has 9 heteroatoms. The highest BCUT2D eigenvalue weighted by Crippen LogP contribution is 2.29. The maximum atomic E-state index is 13.0. The summed E-state index contributed by atoms with van der Waals surface area (Å²) in [7, 11) is 0. The summed E-state index contributed by atoms with van der Waals surface area (Å²) < 4.78 is 57.9. The zero-order chi connectivity index (χ0) is 22.6. The summed E-state index contributed by atoms with van der Waals surface area (Å²) in [4.78, 5) is 24.5. The van der Waals surface area contributed by atoms with Gasteiger partial charge in [-0.3, -0.25) is 9.59 Å². The quantitative estimate of drug-likeness (QED) is 0.580. The number of amides is 1. The minimum Gasteiger partial charge on any atom is -0.483 e. The highest BCUT2D eigenvalue weighted by atomic mass is 19.4. The Bertz CT molecular complexity index is 1120. The van der Waals surface area contributed by atoms with Gasteiger partial charge in [0.05, 0.1) is 11.8 Å². The molecule has 3 aromatic rings. The number of carbonyl (C=O) groups excluding carboxylic acids is 1. The average molecular weight is 434 g/mol. The predicted molar refractivity (Wildman–Crippen MR) is 106 cm³/mol. The number of nitrogens with one attached hydrogen (secondary N) is 1. The fourth-order valence-electron chi connectivity index (χ4n) is 2.77. The number of carbonyl (C=O) groups is 1. The fraction of sp³-hybridized carbons (Fsp3) is 0.182. The van der Waals surface area contributed by atoms with E-state index in [1.807, 2.05) is 0 Å². The van der Waals surface area contributed by atoms with Gasteiger partial charge in [-0.2, -0.15) is 13.2 Å². The van der Waals surface area contributed by atoms with Crippen LogP contribution in [-0.2, 0) is 24.1 Å². The van der Waals surface area contributed by atoms with E-state index in [4.69, 9.17) is 4.74 Å². The maximum absolute atomic E-state index is 13.0. The normalized spacial score (nSPS) is 11.3. The number of rotatable bonds is 6. The van der Waals surface area contributed by atoms with Crippen LogP contribution in [0, 0.1) is 12.7 Å². The second-order valence-corrected chi connectivity index (χ2v) is 6.81. The van der Waals surface area contributed by atoms with Crippen molar-refractivity contribution in [1.82, 2.24) is 4.57 Å². The molecule has 0 spiro atoms. The van der Waals surface area contributed by atoms with Gasteiger partial charge in [0.25, 0.3) is 0 Å². The first-order chi connectivity index (χ1) is 14.6. The molecule has 1 heterocycles. The molecular weight excluding hydrogens is 416 g/mol. The molecule has 1 amide bonds. The minimum atomic E-state index is -4.46. The Morgan fingerprint density at radius 1 is 1.06 bits per heavy atom. The molecule has 3 rings (SSSR count). The van der Waals surface area contributed by atoms with Gasteiger partial charge in [0, 0.05) is 17.4 Å². The highest BCUT2D eigenvalue weighted by molar-refractivity contribution is 5.90. The monoisotopic (exact) mass is 434 g/mol. The number of pyridine rings is 1. The number of benzene rings is 2. The summed E-state index contributed by atoms with van der Waals surface area (Å²) in [5.74, 6) is -0.867. The molecule has 162 valence electrons. The average Bonchev–Trinajstić information content (AvgIpc) is 2.70. The first-order valence-corrected chi connectivity index (χ1v) is 9.17. The minimum absolute atomic E-state index is 0.0113. The van der Waals surface area contributed by atoms with E-state index in [9.17, 15) is 27.2 Å². The summed E-state index contributed by atoms with van der Waals surface area (Å²) >= 11 is 0. The number of aromatic nitrogens is 1. The molecule has 0 saturated carbocycles. The fourth-order valence-corrected chi connectivity index (χ4v) is 2.77. The second-order valence-electron chi connectivity index (χ2n) is 6.81. The van der Waals surface area contributed by atoms with Crippen molar-refractivity contribution in [1.29, 1.82) is 0 Å². The number of hydrogen-bond donors (Lipinski definition) is 1. The Morgan fingerprint density at radius 3 is 2.32 bits per heavy atom. The third-order valence-electron chi connectivity index (χ3n) is 4.43. The van der Waals surface area contributed by atoms with E-state index in [1.165, 1.54) is 41.1 Å². The summed E-state index contributed by atoms with van der Waals surface area (Å²) in [6.45, 7) is 1.49. The van der Waals surface area contributed by atoms with Crippen LogP contribution in [0.3, 0.4) is 0 Å². The zero-order valence-electron chi connectivity index (χ0n) is 16.4. The molecule has 0 fully saturated rings. The molecule has 0 radical (unpaired) electrons. The zero-order valence-corrected chi connectivity index (χ0v) is 16.4. The highest BCUT2D eigenvalue weighted by Gasteiger charge is 2.30. The molecule has 0 aliphatic heterocycles. The summed E-state index contributed by atoms with van der Waals surface area (Å²) in [6, 6.07) is 11.0. The van der Waals surface area contributed by atoms with Gasteiger partial charge in [-0.15, -0.1) is 0 Å². The SMILES string of the molecule is Cc1cc(=O)c(OCc2ccc(F)cc2)cn1CC(=O)Nc1ccc(C(F)(F)F)cc1. The van der Waals surface area contributed by atoms with Gasteiger partial charge in [0.15, 0.2) is 5.75 Å². The number of anilines is 1. The number of halogens is 4. The van der Waals surface area contributed by atoms with E-state index in [2.05, 4.69) is 5.32 Å². The lowest BCUT2D eigenvalue weighted by Crippen LogP contribution is -2.22. The molecule has 0 bridgehead atoms. The number of hydrogen-bond acceptors (Lipinski definition) is 3. The van der Waals surface area contributed by atoms with Gasteiger partial charge in [0.2, 0.25) is 11.3 Å². The molecule has 1 aromatic heterocycles. The molecule has 0 aliphatic rings. The Labute approximate surface area is 174 Å². The lowest BCUT2D eigenvalue weighted by molar-refractivity contribution is -0.137. The molecule has 0 atom stereocenters. The van der Waals surface area contributed by atoms with Gasteiger partial charge < -0.3 is 14.6 Å². The van der Waals surface area contributed by atoms with Crippen LogP contribution in [0.15, 0.2) is 65.6 Å². The van der Waals surface area contributed by atoms with Gasteiger partial charge in [0.1, 0.15) is 19.0 Å². The lowest BCUT2D eigenvalue weighted by atomic mass is 10.2. The second kappa shape index (κ2) is 9.03. The Hall–Kier alpha value is -3.62. The van der Waals surface area contributed by atoms with Crippen LogP contribution in [0.25, 0.3) is 0 Å². The van der Waals surface area contributed by atoms with Gasteiger partial charge >= 0.3 is 6.18 Å². The first kappa shape index (κ1) is 22.1. The number of nitrogens with zero attached hydrogens (tertiary/aromatic N) is 1. The van der Waals surface area contributed by atoms with Gasteiger partial charge in [-0.1, -0.05) is 12.1 Å². The molecule has 0 aliphatic carbocycles. The third-order valence-corrected chi connectivity index (χ3v) is 4.43. The van der Waals surface area contributed by atoms with Crippen LogP contribution in [0.4, 0.5) is 23.2 Å². The van der Waals surface area contributed by atoms with E-state index < -0.39 is 17.6 Å². The van der Waals surface area contributed by atoms with E-state index in [0.29, 0.717) is 11.3 Å². The van der Waals surface area contributed by atoms with Crippen molar-refractivity contribution >= 4 is 11.6 Å². The predicted octanol–water partition coefficient (Wildman–Crippen LogP) is 4.53. The molecule has 0 unspecified atom stereocenters. The van der Waals surface area contributed by atoms with Crippen molar-refractivity contribution < 1.29 is 27.1 Å². The summed E-state index contributed by atoms with van der Waals surface area (Å²) in [5.41, 5.74) is 0.183. The van der Waals surface area contributed by atoms with Crippen molar-refractivity contribution in [3.8, 4) is 5.75 Å². The molecule has 31 heavy (non-hydrogen) atoms. The van der Waals surface area contributed by atoms with Crippen molar-refractivity contribution in [2.45, 2.75) is 26.3 Å². The van der Waals surface area contributed by atoms with Crippen molar-refractivity contribution in [3.63, 3.8) is 0 Å². The van der Waals surface area contributed by atoms with Crippen LogP contribution < -0.4 is 15.5 Å². The van der Waals surface area contributed by atoms with Crippen LogP contribution in [0.2, 0.25) is 0 Å². The third kappa shape index (κ3) is 5.94. The van der Waals surface area contributed by atoms with Crippen molar-refractivity contribution in [2.24, 2.45) is 0 Å². The largest absolute Gasteiger partial charge is 0.483 e. The van der Waals surface area contributed by atoms with Crippen molar-refractivity contribution in [3.05, 3.63) is 93.7 Å². The van der Waals surface area contributed by atoms with Crippen molar-refractivity contribution in [2.75, 3.05) is 5.32 Å². The van der Waals surface area contributed by atoms with Crippen LogP contribution >= 0.6 is 0 Å². The van der Waals surface area contributed by atoms with E-state index >= 15 is 0 Å². The molecule has 2 aromatic carbocycles. The van der Waals surface area contributed by atoms with Crippen LogP contribution in [-0.4, -0.2) is 10.5 Å². The molecule has 1 N–H and O–H groups in total. The Morgan fingerprint density at radius 2 is 1.71 bits per heavy atom. The van der Waals surface area contributed by atoms with Crippen LogP contribution in [0.1, 0.15) is 16.8 Å². The van der Waals surface area contributed by atoms with Gasteiger partial charge in [-0.25, -0.2) is 4.39 Å².